The normalized spacial score (nSPS) is 10.2. The molecule has 116 valence electrons. The summed E-state index contributed by atoms with van der Waals surface area (Å²) in [7, 11) is 0. The number of fused-ring (bicyclic) bond motifs is 1. The van der Waals surface area contributed by atoms with Crippen molar-refractivity contribution >= 4 is 34.3 Å². The van der Waals surface area contributed by atoms with E-state index in [4.69, 9.17) is 11.8 Å². The Hall–Kier alpha value is -3.09. The maximum Gasteiger partial charge on any atom is 0.189 e. The minimum absolute atomic E-state index is 0.0898. The zero-order chi connectivity index (χ0) is 16.9. The SMILES string of the molecule is [C-]#[N+]c1ccc2nc(SCC(=O)Cc3ccc(C#N)cc3)[nH]c2c1. The Labute approximate surface area is 143 Å². The second kappa shape index (κ2) is 6.99. The van der Waals surface area contributed by atoms with E-state index in [1.54, 1.807) is 42.5 Å². The summed E-state index contributed by atoms with van der Waals surface area (Å²) in [5.74, 6) is 0.405. The molecule has 3 rings (SSSR count). The van der Waals surface area contributed by atoms with Gasteiger partial charge in [0.2, 0.25) is 0 Å². The summed E-state index contributed by atoms with van der Waals surface area (Å²) in [6.07, 6.45) is 0.334. The zero-order valence-electron chi connectivity index (χ0n) is 12.6. The maximum atomic E-state index is 12.1. The molecule has 0 saturated heterocycles. The predicted octanol–water partition coefficient (Wildman–Crippen LogP) is 3.89. The zero-order valence-corrected chi connectivity index (χ0v) is 13.4. The van der Waals surface area contributed by atoms with Crippen LogP contribution in [0.4, 0.5) is 5.69 Å². The molecule has 1 N–H and O–H groups in total. The summed E-state index contributed by atoms with van der Waals surface area (Å²) in [5.41, 5.74) is 3.61. The average Bonchev–Trinajstić information content (AvgIpc) is 3.02. The van der Waals surface area contributed by atoms with Gasteiger partial charge in [-0.3, -0.25) is 4.79 Å². The standard InChI is InChI=1S/C18H12N4OS/c1-20-14-6-7-16-17(9-14)22-18(21-16)24-11-15(23)8-12-2-4-13(10-19)5-3-12/h2-7,9H,8,11H2,(H,21,22). The second-order valence-electron chi connectivity index (χ2n) is 5.17. The van der Waals surface area contributed by atoms with E-state index in [9.17, 15) is 4.79 Å². The molecule has 0 spiro atoms. The molecule has 0 aliphatic carbocycles. The Morgan fingerprint density at radius 1 is 1.29 bits per heavy atom. The van der Waals surface area contributed by atoms with Crippen molar-refractivity contribution in [3.8, 4) is 6.07 Å². The number of nitrogens with zero attached hydrogens (tertiary/aromatic N) is 3. The topological polar surface area (TPSA) is 73.9 Å². The molecule has 1 heterocycles. The minimum Gasteiger partial charge on any atom is -0.334 e. The fourth-order valence-corrected chi connectivity index (χ4v) is 2.98. The van der Waals surface area contributed by atoms with Crippen LogP contribution in [-0.2, 0) is 11.2 Å². The summed E-state index contributed by atoms with van der Waals surface area (Å²) in [5, 5.41) is 9.43. The van der Waals surface area contributed by atoms with Crippen molar-refractivity contribution in [3.05, 3.63) is 65.0 Å². The van der Waals surface area contributed by atoms with Crippen molar-refractivity contribution in [2.24, 2.45) is 0 Å². The van der Waals surface area contributed by atoms with Crippen LogP contribution in [-0.4, -0.2) is 21.5 Å². The van der Waals surface area contributed by atoms with Crippen LogP contribution in [0.15, 0.2) is 47.6 Å². The number of hydrogen-bond acceptors (Lipinski definition) is 4. The summed E-state index contributed by atoms with van der Waals surface area (Å²) >= 11 is 1.35. The smallest absolute Gasteiger partial charge is 0.189 e. The number of Topliss-reactive ketones (excluding diaryl/α,β-unsaturated/α-hetero) is 1. The largest absolute Gasteiger partial charge is 0.334 e. The minimum atomic E-state index is 0.0898. The van der Waals surface area contributed by atoms with E-state index < -0.39 is 0 Å². The number of H-pyrrole nitrogens is 1. The molecule has 3 aromatic rings. The Morgan fingerprint density at radius 3 is 2.79 bits per heavy atom. The van der Waals surface area contributed by atoms with E-state index in [0.717, 1.165) is 16.6 Å². The number of imidazole rings is 1. The van der Waals surface area contributed by atoms with Crippen molar-refractivity contribution in [1.29, 1.82) is 5.26 Å². The molecule has 5 nitrogen and oxygen atoms in total. The van der Waals surface area contributed by atoms with Gasteiger partial charge in [0.05, 0.1) is 35.0 Å². The number of carbonyl (C=O) groups excluding carboxylic acids is 1. The second-order valence-corrected chi connectivity index (χ2v) is 6.13. The van der Waals surface area contributed by atoms with Crippen LogP contribution < -0.4 is 0 Å². The fourth-order valence-electron chi connectivity index (χ4n) is 2.24. The number of rotatable bonds is 5. The van der Waals surface area contributed by atoms with Gasteiger partial charge < -0.3 is 4.98 Å². The Bertz CT molecular complexity index is 977. The van der Waals surface area contributed by atoms with Gasteiger partial charge in [-0.25, -0.2) is 9.83 Å². The molecule has 0 aliphatic heterocycles. The maximum absolute atomic E-state index is 12.1. The molecule has 1 aromatic heterocycles. The number of nitriles is 1. The van der Waals surface area contributed by atoms with E-state index in [1.165, 1.54) is 11.8 Å². The summed E-state index contributed by atoms with van der Waals surface area (Å²) < 4.78 is 0. The molecule has 0 atom stereocenters. The van der Waals surface area contributed by atoms with Gasteiger partial charge in [-0.2, -0.15) is 5.26 Å². The van der Waals surface area contributed by atoms with Gasteiger partial charge in [0.1, 0.15) is 5.78 Å². The molecule has 6 heteroatoms. The molecule has 2 aromatic carbocycles. The third-order valence-corrected chi connectivity index (χ3v) is 4.36. The molecule has 0 radical (unpaired) electrons. The van der Waals surface area contributed by atoms with Gasteiger partial charge in [-0.1, -0.05) is 30.0 Å². The van der Waals surface area contributed by atoms with Crippen molar-refractivity contribution in [2.45, 2.75) is 11.6 Å². The highest BCUT2D eigenvalue weighted by Gasteiger charge is 2.09. The van der Waals surface area contributed by atoms with E-state index in [-0.39, 0.29) is 5.78 Å². The number of benzene rings is 2. The van der Waals surface area contributed by atoms with Gasteiger partial charge in [0.15, 0.2) is 10.8 Å². The molecule has 0 aliphatic rings. The van der Waals surface area contributed by atoms with Crippen LogP contribution in [0.25, 0.3) is 15.9 Å². The number of ketones is 1. The lowest BCUT2D eigenvalue weighted by Crippen LogP contribution is -2.05. The van der Waals surface area contributed by atoms with Crippen molar-refractivity contribution in [2.75, 3.05) is 5.75 Å². The number of aromatic nitrogens is 2. The van der Waals surface area contributed by atoms with Crippen LogP contribution in [0.2, 0.25) is 0 Å². The molecule has 0 unspecified atom stereocenters. The van der Waals surface area contributed by atoms with Gasteiger partial charge in [0, 0.05) is 6.42 Å². The van der Waals surface area contributed by atoms with E-state index in [1.807, 2.05) is 0 Å². The number of nitrogens with one attached hydrogen (secondary N) is 1. The lowest BCUT2D eigenvalue weighted by Gasteiger charge is -2.00. The number of hydrogen-bond donors (Lipinski definition) is 1. The first-order chi connectivity index (χ1) is 11.7. The van der Waals surface area contributed by atoms with Crippen LogP contribution in [0, 0.1) is 17.9 Å². The first kappa shape index (κ1) is 15.8. The molecule has 0 fully saturated rings. The lowest BCUT2D eigenvalue weighted by molar-refractivity contribution is -0.116. The first-order valence-electron chi connectivity index (χ1n) is 7.19. The predicted molar refractivity (Wildman–Crippen MR) is 92.9 cm³/mol. The average molecular weight is 332 g/mol. The van der Waals surface area contributed by atoms with Crippen LogP contribution >= 0.6 is 11.8 Å². The van der Waals surface area contributed by atoms with Crippen LogP contribution in [0.5, 0.6) is 0 Å². The van der Waals surface area contributed by atoms with Gasteiger partial charge in [-0.15, -0.1) is 0 Å². The monoisotopic (exact) mass is 332 g/mol. The fraction of sp³-hybridized carbons (Fsp3) is 0.111. The molecular weight excluding hydrogens is 320 g/mol. The van der Waals surface area contributed by atoms with Gasteiger partial charge in [-0.05, 0) is 29.8 Å². The molecule has 0 bridgehead atoms. The van der Waals surface area contributed by atoms with Crippen LogP contribution in [0.3, 0.4) is 0 Å². The van der Waals surface area contributed by atoms with E-state index in [0.29, 0.717) is 28.6 Å². The van der Waals surface area contributed by atoms with E-state index >= 15 is 0 Å². The highest BCUT2D eigenvalue weighted by Crippen LogP contribution is 2.23. The van der Waals surface area contributed by atoms with Crippen molar-refractivity contribution in [3.63, 3.8) is 0 Å². The van der Waals surface area contributed by atoms with E-state index in [2.05, 4.69) is 20.9 Å². The highest BCUT2D eigenvalue weighted by molar-refractivity contribution is 7.99. The van der Waals surface area contributed by atoms with Crippen molar-refractivity contribution in [1.82, 2.24) is 9.97 Å². The number of carbonyl (C=O) groups is 1. The quantitative estimate of drug-likeness (QED) is 0.568. The third kappa shape index (κ3) is 3.62. The molecule has 0 amide bonds. The molecule has 24 heavy (non-hydrogen) atoms. The Kier molecular flexibility index (Phi) is 4.60. The lowest BCUT2D eigenvalue weighted by atomic mass is 10.1. The Balaban J connectivity index is 1.61. The summed E-state index contributed by atoms with van der Waals surface area (Å²) in [6, 6.07) is 14.3. The first-order valence-corrected chi connectivity index (χ1v) is 8.17. The number of aromatic amines is 1. The van der Waals surface area contributed by atoms with Gasteiger partial charge in [0.25, 0.3) is 0 Å². The number of thioether (sulfide) groups is 1. The Morgan fingerprint density at radius 2 is 2.08 bits per heavy atom. The third-order valence-electron chi connectivity index (χ3n) is 3.43. The molecule has 0 saturated carbocycles. The van der Waals surface area contributed by atoms with Crippen molar-refractivity contribution < 1.29 is 4.79 Å². The summed E-state index contributed by atoms with van der Waals surface area (Å²) in [6.45, 7) is 7.02. The molecular formula is C18H12N4OS. The van der Waals surface area contributed by atoms with Crippen LogP contribution in [0.1, 0.15) is 11.1 Å². The highest BCUT2D eigenvalue weighted by atomic mass is 32.2. The summed E-state index contributed by atoms with van der Waals surface area (Å²) in [4.78, 5) is 23.0. The van der Waals surface area contributed by atoms with Gasteiger partial charge >= 0.3 is 0 Å².